The van der Waals surface area contributed by atoms with Crippen LogP contribution in [0.25, 0.3) is 11.0 Å². The van der Waals surface area contributed by atoms with E-state index in [9.17, 15) is 22.8 Å². The van der Waals surface area contributed by atoms with Gasteiger partial charge in [0.1, 0.15) is 11.8 Å². The summed E-state index contributed by atoms with van der Waals surface area (Å²) in [5.74, 6) is -0.961. The molecule has 0 saturated heterocycles. The Labute approximate surface area is 156 Å². The summed E-state index contributed by atoms with van der Waals surface area (Å²) < 4.78 is 42.1. The number of carbonyl (C=O) groups excluding carboxylic acids is 2. The quantitative estimate of drug-likeness (QED) is 0.717. The topological polar surface area (TPSA) is 85.2 Å². The summed E-state index contributed by atoms with van der Waals surface area (Å²) in [5, 5.41) is 5.25. The highest BCUT2D eigenvalue weighted by molar-refractivity contribution is 6.02. The van der Waals surface area contributed by atoms with Crippen molar-refractivity contribution in [3.63, 3.8) is 0 Å². The highest BCUT2D eigenvalue weighted by Gasteiger charge is 2.33. The summed E-state index contributed by atoms with van der Waals surface area (Å²) in [6, 6.07) is 11.0. The van der Waals surface area contributed by atoms with Gasteiger partial charge in [0.05, 0.1) is 17.5 Å². The van der Waals surface area contributed by atoms with Crippen LogP contribution in [0.2, 0.25) is 0 Å². The molecule has 3 aromatic rings. The number of para-hydroxylation sites is 2. The Bertz CT molecular complexity index is 1060. The highest BCUT2D eigenvalue weighted by atomic mass is 19.4. The van der Waals surface area contributed by atoms with E-state index in [1.807, 2.05) is 0 Å². The number of fused-ring (bicyclic) bond motifs is 3. The predicted molar refractivity (Wildman–Crippen MR) is 93.8 cm³/mol. The third-order valence-electron chi connectivity index (χ3n) is 4.20. The predicted octanol–water partition coefficient (Wildman–Crippen LogP) is 3.46. The van der Waals surface area contributed by atoms with Gasteiger partial charge < -0.3 is 10.1 Å². The lowest BCUT2D eigenvalue weighted by atomic mass is 10.1. The number of hydrogen-bond donors (Lipinski definition) is 2. The van der Waals surface area contributed by atoms with E-state index in [0.717, 1.165) is 12.1 Å². The molecule has 2 aromatic carbocycles. The molecule has 4 rings (SSSR count). The van der Waals surface area contributed by atoms with Crippen LogP contribution in [0.5, 0.6) is 5.75 Å². The van der Waals surface area contributed by atoms with Gasteiger partial charge in [-0.3, -0.25) is 19.5 Å². The van der Waals surface area contributed by atoms with E-state index >= 15 is 0 Å². The number of amides is 2. The molecule has 144 valence electrons. The number of hydrogen-bond acceptors (Lipinski definition) is 4. The molecule has 0 radical (unpaired) electrons. The Morgan fingerprint density at radius 1 is 1.18 bits per heavy atom. The minimum absolute atomic E-state index is 0.0888. The lowest BCUT2D eigenvalue weighted by Crippen LogP contribution is -2.35. The Morgan fingerprint density at radius 3 is 2.61 bits per heavy atom. The van der Waals surface area contributed by atoms with Crippen molar-refractivity contribution in [1.82, 2.24) is 9.55 Å². The lowest BCUT2D eigenvalue weighted by molar-refractivity contribution is -0.274. The van der Waals surface area contributed by atoms with E-state index in [0.29, 0.717) is 11.0 Å². The summed E-state index contributed by atoms with van der Waals surface area (Å²) in [6.45, 7) is 0. The standard InChI is InChI=1S/C18H13F3N4O3/c19-18(20,21)28-11-7-5-10(6-8-11)22-16(27)14-9-15(26)24-17-23-12-3-1-2-4-13(12)25(14)17/h1-8,14H,9H2,(H,22,27)(H,23,24,26)/t14-/m0/s1. The van der Waals surface area contributed by atoms with Gasteiger partial charge >= 0.3 is 6.36 Å². The fourth-order valence-corrected chi connectivity index (χ4v) is 3.07. The Morgan fingerprint density at radius 2 is 1.89 bits per heavy atom. The molecular formula is C18H13F3N4O3. The lowest BCUT2D eigenvalue weighted by Gasteiger charge is -2.25. The van der Waals surface area contributed by atoms with Crippen LogP contribution in [0.4, 0.5) is 24.8 Å². The van der Waals surface area contributed by atoms with E-state index in [2.05, 4.69) is 20.4 Å². The normalized spacial score (nSPS) is 16.4. The van der Waals surface area contributed by atoms with Crippen LogP contribution in [0, 0.1) is 0 Å². The Hall–Kier alpha value is -3.56. The number of rotatable bonds is 3. The zero-order valence-electron chi connectivity index (χ0n) is 14.2. The van der Waals surface area contributed by atoms with Crippen LogP contribution < -0.4 is 15.4 Å². The molecule has 2 N–H and O–H groups in total. The minimum atomic E-state index is -4.79. The molecule has 1 aromatic heterocycles. The second kappa shape index (κ2) is 6.55. The minimum Gasteiger partial charge on any atom is -0.406 e. The van der Waals surface area contributed by atoms with Crippen LogP contribution in [0.3, 0.4) is 0 Å². The molecule has 0 bridgehead atoms. The Balaban J connectivity index is 1.58. The maximum absolute atomic E-state index is 12.8. The number of nitrogens with one attached hydrogen (secondary N) is 2. The van der Waals surface area contributed by atoms with Gasteiger partial charge in [0.15, 0.2) is 0 Å². The molecule has 1 aliphatic heterocycles. The van der Waals surface area contributed by atoms with Gasteiger partial charge in [-0.2, -0.15) is 0 Å². The number of nitrogens with zero attached hydrogens (tertiary/aromatic N) is 2. The van der Waals surface area contributed by atoms with E-state index in [-0.39, 0.29) is 24.0 Å². The van der Waals surface area contributed by atoms with Crippen molar-refractivity contribution < 1.29 is 27.5 Å². The van der Waals surface area contributed by atoms with Crippen molar-refractivity contribution in [1.29, 1.82) is 0 Å². The molecule has 2 amide bonds. The van der Waals surface area contributed by atoms with Crippen molar-refractivity contribution in [2.24, 2.45) is 0 Å². The molecule has 2 heterocycles. The first-order chi connectivity index (χ1) is 13.3. The molecule has 0 fully saturated rings. The highest BCUT2D eigenvalue weighted by Crippen LogP contribution is 2.31. The van der Waals surface area contributed by atoms with Gasteiger partial charge in [-0.1, -0.05) is 12.1 Å². The average Bonchev–Trinajstić information content (AvgIpc) is 2.99. The number of imidazole rings is 1. The first kappa shape index (κ1) is 17.8. The first-order valence-electron chi connectivity index (χ1n) is 8.24. The van der Waals surface area contributed by atoms with E-state index in [1.54, 1.807) is 28.8 Å². The van der Waals surface area contributed by atoms with Crippen LogP contribution in [0.15, 0.2) is 48.5 Å². The van der Waals surface area contributed by atoms with Gasteiger partial charge in [-0.15, -0.1) is 13.2 Å². The van der Waals surface area contributed by atoms with Crippen LogP contribution in [-0.2, 0) is 9.59 Å². The smallest absolute Gasteiger partial charge is 0.406 e. The summed E-state index contributed by atoms with van der Waals surface area (Å²) in [7, 11) is 0. The van der Waals surface area contributed by atoms with E-state index < -0.39 is 24.1 Å². The number of aromatic nitrogens is 2. The fraction of sp³-hybridized carbons (Fsp3) is 0.167. The van der Waals surface area contributed by atoms with Crippen molar-refractivity contribution >= 4 is 34.5 Å². The third-order valence-corrected chi connectivity index (χ3v) is 4.20. The number of benzene rings is 2. The molecule has 10 heteroatoms. The fourth-order valence-electron chi connectivity index (χ4n) is 3.07. The largest absolute Gasteiger partial charge is 0.573 e. The zero-order valence-corrected chi connectivity index (χ0v) is 14.2. The van der Waals surface area contributed by atoms with Gasteiger partial charge in [0, 0.05) is 5.69 Å². The maximum Gasteiger partial charge on any atom is 0.573 e. The number of anilines is 2. The van der Waals surface area contributed by atoms with Crippen LogP contribution >= 0.6 is 0 Å². The SMILES string of the molecule is O=C1C[C@@H](C(=O)Nc2ccc(OC(F)(F)F)cc2)n2c(nc3ccccc32)N1. The van der Waals surface area contributed by atoms with Gasteiger partial charge in [0.2, 0.25) is 17.8 Å². The second-order valence-corrected chi connectivity index (χ2v) is 6.12. The summed E-state index contributed by atoms with van der Waals surface area (Å²) in [4.78, 5) is 29.1. The summed E-state index contributed by atoms with van der Waals surface area (Å²) in [6.07, 6.45) is -4.88. The Kier molecular flexibility index (Phi) is 4.17. The molecule has 7 nitrogen and oxygen atoms in total. The van der Waals surface area contributed by atoms with Crippen LogP contribution in [0.1, 0.15) is 12.5 Å². The molecule has 28 heavy (non-hydrogen) atoms. The monoisotopic (exact) mass is 390 g/mol. The molecule has 1 atom stereocenters. The van der Waals surface area contributed by atoms with Gasteiger partial charge in [-0.25, -0.2) is 4.98 Å². The summed E-state index contributed by atoms with van der Waals surface area (Å²) >= 11 is 0. The van der Waals surface area contributed by atoms with E-state index in [1.165, 1.54) is 12.1 Å². The van der Waals surface area contributed by atoms with Crippen molar-refractivity contribution in [2.45, 2.75) is 18.8 Å². The molecule has 0 aliphatic carbocycles. The molecular weight excluding hydrogens is 377 g/mol. The van der Waals surface area contributed by atoms with Gasteiger partial charge in [-0.05, 0) is 36.4 Å². The molecule has 0 spiro atoms. The van der Waals surface area contributed by atoms with Crippen molar-refractivity contribution in [3.8, 4) is 5.75 Å². The zero-order chi connectivity index (χ0) is 19.9. The van der Waals surface area contributed by atoms with Crippen molar-refractivity contribution in [2.75, 3.05) is 10.6 Å². The second-order valence-electron chi connectivity index (χ2n) is 6.12. The molecule has 1 aliphatic rings. The summed E-state index contributed by atoms with van der Waals surface area (Å²) in [5.41, 5.74) is 1.59. The van der Waals surface area contributed by atoms with Gasteiger partial charge in [0.25, 0.3) is 0 Å². The van der Waals surface area contributed by atoms with Crippen LogP contribution in [-0.4, -0.2) is 27.7 Å². The molecule has 0 unspecified atom stereocenters. The number of alkyl halides is 3. The maximum atomic E-state index is 12.8. The number of carbonyl (C=O) groups is 2. The number of ether oxygens (including phenoxy) is 1. The third kappa shape index (κ3) is 3.48. The first-order valence-corrected chi connectivity index (χ1v) is 8.24. The average molecular weight is 390 g/mol. The van der Waals surface area contributed by atoms with Crippen molar-refractivity contribution in [3.05, 3.63) is 48.5 Å². The number of halogens is 3. The van der Waals surface area contributed by atoms with E-state index in [4.69, 9.17) is 0 Å². The molecule has 0 saturated carbocycles.